The molecule has 2 saturated heterocycles. The van der Waals surface area contributed by atoms with Crippen LogP contribution in [0.3, 0.4) is 0 Å². The molecular formula is C41H62O14. The summed E-state index contributed by atoms with van der Waals surface area (Å²) in [6.45, 7) is 14.7. The van der Waals surface area contributed by atoms with Crippen LogP contribution in [0.15, 0.2) is 11.6 Å². The predicted molar refractivity (Wildman–Crippen MR) is 193 cm³/mol. The maximum Gasteiger partial charge on any atom is 0.335 e. The third kappa shape index (κ3) is 6.01. The number of ether oxygens (including phenoxy) is 4. The van der Waals surface area contributed by atoms with Gasteiger partial charge in [0.15, 0.2) is 24.5 Å². The van der Waals surface area contributed by atoms with E-state index in [1.807, 2.05) is 13.0 Å². The molecule has 7 N–H and O–H groups in total. The lowest BCUT2D eigenvalue weighted by Gasteiger charge is -2.70. The van der Waals surface area contributed by atoms with E-state index in [1.165, 1.54) is 0 Å². The number of ketones is 1. The number of fused-ring (bicyclic) bond motifs is 7. The number of carboxylic acid groups (broad SMARTS) is 2. The number of aliphatic carboxylic acids is 2. The smallest absolute Gasteiger partial charge is 0.335 e. The number of carbonyl (C=O) groups is 3. The summed E-state index contributed by atoms with van der Waals surface area (Å²) < 4.78 is 23.7. The summed E-state index contributed by atoms with van der Waals surface area (Å²) in [6.07, 6.45) is -7.13. The first-order valence-electron chi connectivity index (χ1n) is 20.2. The molecule has 0 radical (unpaired) electrons. The fourth-order valence-electron chi connectivity index (χ4n) is 13.1. The van der Waals surface area contributed by atoms with Crippen molar-refractivity contribution in [1.82, 2.24) is 0 Å². The first kappa shape index (κ1) is 41.2. The summed E-state index contributed by atoms with van der Waals surface area (Å²) in [7, 11) is 0. The summed E-state index contributed by atoms with van der Waals surface area (Å²) in [5.41, 5.74) is -1.48. The average Bonchev–Trinajstić information content (AvgIpc) is 3.10. The first-order chi connectivity index (χ1) is 25.4. The molecule has 7 rings (SSSR count). The van der Waals surface area contributed by atoms with Crippen LogP contribution in [0, 0.1) is 50.2 Å². The Morgan fingerprint density at radius 3 is 2.11 bits per heavy atom. The fourth-order valence-corrected chi connectivity index (χ4v) is 13.1. The Hall–Kier alpha value is -2.01. The standard InChI is InChI=1S/C41H62O14/c1-36(2)23-8-11-41(7)31(21(42)16-19-20-17-38(4,35(50)51)13-12-37(20,3)14-15-40(19,41)6)39(23,5)10-9-24(36)53-34-30(27(46)26(45)29(54-34)32(48)49)55-33-28(47)25(44)22(43)18-52-33/h16,20,22-31,33-34,43-47H,8-15,17-18H2,1-7H3,(H,48,49)(H,50,51)/t20-,22-,23-,24-,25-,26-,27-,28+,29-,30+,31+,33-,34-,37+,38-,39-,40+,41+/m0/s1. The van der Waals surface area contributed by atoms with Gasteiger partial charge >= 0.3 is 11.9 Å². The zero-order valence-corrected chi connectivity index (χ0v) is 33.1. The number of allylic oxidation sites excluding steroid dienone is 2. The van der Waals surface area contributed by atoms with Crippen molar-refractivity contribution < 1.29 is 69.1 Å². The Morgan fingerprint density at radius 1 is 0.782 bits per heavy atom. The van der Waals surface area contributed by atoms with Gasteiger partial charge in [0, 0.05) is 5.92 Å². The second-order valence-corrected chi connectivity index (χ2v) is 20.1. The van der Waals surface area contributed by atoms with Gasteiger partial charge in [-0.05, 0) is 110 Å². The van der Waals surface area contributed by atoms with Gasteiger partial charge in [-0.2, -0.15) is 0 Å². The number of rotatable bonds is 6. The lowest BCUT2D eigenvalue weighted by atomic mass is 9.33. The van der Waals surface area contributed by atoms with E-state index >= 15 is 0 Å². The van der Waals surface area contributed by atoms with Crippen LogP contribution in [0.4, 0.5) is 0 Å². The summed E-state index contributed by atoms with van der Waals surface area (Å²) >= 11 is 0. The lowest BCUT2D eigenvalue weighted by molar-refractivity contribution is -0.365. The predicted octanol–water partition coefficient (Wildman–Crippen LogP) is 2.79. The minimum Gasteiger partial charge on any atom is -0.481 e. The minimum absolute atomic E-state index is 0.0107. The third-order valence-corrected chi connectivity index (χ3v) is 16.9. The number of aliphatic hydroxyl groups excluding tert-OH is 5. The van der Waals surface area contributed by atoms with E-state index < -0.39 is 89.6 Å². The van der Waals surface area contributed by atoms with Crippen LogP contribution in [0.1, 0.15) is 106 Å². The van der Waals surface area contributed by atoms with Crippen LogP contribution in [-0.4, -0.2) is 121 Å². The second kappa shape index (κ2) is 13.5. The molecule has 0 bridgehead atoms. The van der Waals surface area contributed by atoms with E-state index in [9.17, 15) is 50.1 Å². The van der Waals surface area contributed by atoms with Gasteiger partial charge in [-0.3, -0.25) is 9.59 Å². The van der Waals surface area contributed by atoms with Gasteiger partial charge in [0.25, 0.3) is 0 Å². The summed E-state index contributed by atoms with van der Waals surface area (Å²) in [5.74, 6) is -2.50. The Bertz CT molecular complexity index is 1600. The normalized spacial score (nSPS) is 53.5. The van der Waals surface area contributed by atoms with Gasteiger partial charge in [0.05, 0.1) is 18.1 Å². The molecule has 0 aromatic heterocycles. The highest BCUT2D eigenvalue weighted by Gasteiger charge is 2.71. The zero-order chi connectivity index (χ0) is 40.4. The number of carbonyl (C=O) groups excluding carboxylic acids is 1. The van der Waals surface area contributed by atoms with Crippen molar-refractivity contribution in [3.8, 4) is 0 Å². The van der Waals surface area contributed by atoms with Crippen LogP contribution in [-0.2, 0) is 33.3 Å². The summed E-state index contributed by atoms with van der Waals surface area (Å²) in [6, 6.07) is 0. The topological polar surface area (TPSA) is 230 Å². The van der Waals surface area contributed by atoms with Crippen LogP contribution in [0.25, 0.3) is 0 Å². The Labute approximate surface area is 322 Å². The molecule has 18 atom stereocenters. The molecule has 0 unspecified atom stereocenters. The SMILES string of the molecule is CC1(C)[C@@H](O[C@H]2O[C@H](C(=O)O)[C@@H](O)[C@H](O)[C@H]2O[C@@H]2OC[C@H](O)[C@H](O)[C@H]2O)CC[C@]2(C)[C@H]3C(=O)C=C4[C@@H]5C[C@@](C)(C(=O)O)CC[C@]5(C)CC[C@@]4(C)[C@]3(C)CC[C@@H]12. The van der Waals surface area contributed by atoms with Crippen molar-refractivity contribution in [3.63, 3.8) is 0 Å². The van der Waals surface area contributed by atoms with Crippen LogP contribution < -0.4 is 0 Å². The Morgan fingerprint density at radius 2 is 1.45 bits per heavy atom. The molecule has 5 aliphatic carbocycles. The quantitative estimate of drug-likeness (QED) is 0.193. The monoisotopic (exact) mass is 778 g/mol. The third-order valence-electron chi connectivity index (χ3n) is 16.9. The van der Waals surface area contributed by atoms with Gasteiger partial charge in [0.1, 0.15) is 36.6 Å². The van der Waals surface area contributed by atoms with E-state index in [1.54, 1.807) is 0 Å². The molecule has 14 heteroatoms. The molecule has 0 amide bonds. The zero-order valence-electron chi connectivity index (χ0n) is 33.1. The molecule has 2 heterocycles. The highest BCUT2D eigenvalue weighted by Crippen LogP contribution is 2.75. The molecule has 6 fully saturated rings. The van der Waals surface area contributed by atoms with E-state index in [0.29, 0.717) is 25.7 Å². The molecule has 2 aliphatic heterocycles. The van der Waals surface area contributed by atoms with E-state index in [0.717, 1.165) is 37.7 Å². The summed E-state index contributed by atoms with van der Waals surface area (Å²) in [5, 5.41) is 72.8. The van der Waals surface area contributed by atoms with Crippen molar-refractivity contribution in [2.45, 2.75) is 168 Å². The number of carboxylic acids is 2. The number of hydrogen-bond donors (Lipinski definition) is 7. The van der Waals surface area contributed by atoms with Gasteiger partial charge < -0.3 is 54.7 Å². The van der Waals surface area contributed by atoms with Crippen LogP contribution in [0.5, 0.6) is 0 Å². The van der Waals surface area contributed by atoms with Gasteiger partial charge in [-0.15, -0.1) is 0 Å². The van der Waals surface area contributed by atoms with Gasteiger partial charge in [-0.25, -0.2) is 4.79 Å². The molecular weight excluding hydrogens is 716 g/mol. The molecule has 7 aliphatic rings. The van der Waals surface area contributed by atoms with E-state index in [-0.39, 0.29) is 46.4 Å². The molecule has 310 valence electrons. The highest BCUT2D eigenvalue weighted by molar-refractivity contribution is 5.95. The summed E-state index contributed by atoms with van der Waals surface area (Å²) in [4.78, 5) is 39.4. The fraction of sp³-hybridized carbons (Fsp3) is 0.878. The average molecular weight is 779 g/mol. The molecule has 0 aromatic rings. The Kier molecular flexibility index (Phi) is 10.1. The van der Waals surface area contributed by atoms with Crippen molar-refractivity contribution in [2.75, 3.05) is 6.61 Å². The van der Waals surface area contributed by atoms with Gasteiger partial charge in [-0.1, -0.05) is 47.1 Å². The largest absolute Gasteiger partial charge is 0.481 e. The molecule has 0 spiro atoms. The van der Waals surface area contributed by atoms with Crippen molar-refractivity contribution in [3.05, 3.63) is 11.6 Å². The van der Waals surface area contributed by atoms with E-state index in [4.69, 9.17) is 18.9 Å². The number of hydrogen-bond acceptors (Lipinski definition) is 12. The van der Waals surface area contributed by atoms with Crippen LogP contribution in [0.2, 0.25) is 0 Å². The number of aliphatic hydroxyl groups is 5. The Balaban J connectivity index is 1.17. The maximum atomic E-state index is 14.8. The lowest BCUT2D eigenvalue weighted by Crippen LogP contribution is -2.68. The second-order valence-electron chi connectivity index (χ2n) is 20.1. The van der Waals surface area contributed by atoms with Crippen LogP contribution >= 0.6 is 0 Å². The molecule has 0 aromatic carbocycles. The minimum atomic E-state index is -1.92. The van der Waals surface area contributed by atoms with Crippen molar-refractivity contribution in [2.24, 2.45) is 50.2 Å². The molecule has 4 saturated carbocycles. The first-order valence-corrected chi connectivity index (χ1v) is 20.2. The molecule has 14 nitrogen and oxygen atoms in total. The van der Waals surface area contributed by atoms with E-state index in [2.05, 4.69) is 41.5 Å². The molecule has 55 heavy (non-hydrogen) atoms. The van der Waals surface area contributed by atoms with Crippen molar-refractivity contribution >= 4 is 17.7 Å². The van der Waals surface area contributed by atoms with Gasteiger partial charge in [0.2, 0.25) is 0 Å². The van der Waals surface area contributed by atoms with Crippen molar-refractivity contribution in [1.29, 1.82) is 0 Å². The highest BCUT2D eigenvalue weighted by atomic mass is 16.8. The maximum absolute atomic E-state index is 14.8.